The van der Waals surface area contributed by atoms with Crippen LogP contribution in [0.4, 0.5) is 0 Å². The Morgan fingerprint density at radius 2 is 2.00 bits per heavy atom. The molecule has 26 heavy (non-hydrogen) atoms. The second kappa shape index (κ2) is 7.31. The molecule has 2 heterocycles. The van der Waals surface area contributed by atoms with Crippen molar-refractivity contribution in [1.82, 2.24) is 15.4 Å². The van der Waals surface area contributed by atoms with Crippen LogP contribution in [0.5, 0.6) is 0 Å². The van der Waals surface area contributed by atoms with Gasteiger partial charge in [0.1, 0.15) is 5.76 Å². The first kappa shape index (κ1) is 18.0. The standard InChI is InChI=1S/C20H31N3O3/c1-12-18(13(2)26-22-12)10-23-8-16-6-19(21-14(3)24)20(7-17(16)9-23)25-11-15-4-5-15/h15-17,19-20H,4-11H2,1-3H3,(H,21,24)/t16-,17+,19-,20-/m1/s1. The van der Waals surface area contributed by atoms with Gasteiger partial charge >= 0.3 is 0 Å². The van der Waals surface area contributed by atoms with Gasteiger partial charge in [0.15, 0.2) is 0 Å². The first-order valence-corrected chi connectivity index (χ1v) is 10.0. The van der Waals surface area contributed by atoms with Crippen molar-refractivity contribution < 1.29 is 14.1 Å². The number of aromatic nitrogens is 1. The third-order valence-corrected chi connectivity index (χ3v) is 6.39. The molecule has 0 spiro atoms. The van der Waals surface area contributed by atoms with Crippen LogP contribution in [0.25, 0.3) is 0 Å². The van der Waals surface area contributed by atoms with Crippen LogP contribution in [-0.2, 0) is 16.1 Å². The first-order valence-electron chi connectivity index (χ1n) is 10.0. The molecule has 6 heteroatoms. The van der Waals surface area contributed by atoms with E-state index >= 15 is 0 Å². The summed E-state index contributed by atoms with van der Waals surface area (Å²) in [6.45, 7) is 9.58. The topological polar surface area (TPSA) is 67.6 Å². The van der Waals surface area contributed by atoms with Crippen LogP contribution in [0.1, 0.15) is 49.6 Å². The van der Waals surface area contributed by atoms with Crippen molar-refractivity contribution in [2.24, 2.45) is 17.8 Å². The van der Waals surface area contributed by atoms with Crippen LogP contribution in [-0.4, -0.2) is 47.8 Å². The number of likely N-dealkylation sites (tertiary alicyclic amines) is 1. The molecule has 0 radical (unpaired) electrons. The minimum absolute atomic E-state index is 0.0547. The molecule has 144 valence electrons. The van der Waals surface area contributed by atoms with E-state index in [1.807, 2.05) is 13.8 Å². The SMILES string of the molecule is CC(=O)N[C@@H]1C[C@@H]2CN(Cc3c(C)noc3C)C[C@@H]2C[C@H]1OCC1CC1. The van der Waals surface area contributed by atoms with Crippen LogP contribution in [0.15, 0.2) is 4.52 Å². The molecule has 2 saturated carbocycles. The van der Waals surface area contributed by atoms with Gasteiger partial charge in [-0.3, -0.25) is 9.69 Å². The molecule has 3 aliphatic rings. The molecule has 2 aliphatic carbocycles. The van der Waals surface area contributed by atoms with E-state index < -0.39 is 0 Å². The summed E-state index contributed by atoms with van der Waals surface area (Å²) in [4.78, 5) is 14.2. The Morgan fingerprint density at radius 3 is 2.62 bits per heavy atom. The molecule has 0 aromatic carbocycles. The predicted molar refractivity (Wildman–Crippen MR) is 97.5 cm³/mol. The zero-order chi connectivity index (χ0) is 18.3. The third-order valence-electron chi connectivity index (χ3n) is 6.39. The zero-order valence-corrected chi connectivity index (χ0v) is 16.2. The van der Waals surface area contributed by atoms with Crippen molar-refractivity contribution in [2.75, 3.05) is 19.7 Å². The Balaban J connectivity index is 1.39. The van der Waals surface area contributed by atoms with Crippen LogP contribution < -0.4 is 5.32 Å². The van der Waals surface area contributed by atoms with Crippen LogP contribution in [0, 0.1) is 31.6 Å². The molecule has 0 bridgehead atoms. The van der Waals surface area contributed by atoms with Crippen molar-refractivity contribution in [3.8, 4) is 0 Å². The fourth-order valence-electron chi connectivity index (χ4n) is 4.73. The fraction of sp³-hybridized carbons (Fsp3) is 0.800. The number of amides is 1. The molecular formula is C20H31N3O3. The molecule has 1 saturated heterocycles. The molecule has 4 rings (SSSR count). The van der Waals surface area contributed by atoms with E-state index in [0.717, 1.165) is 56.5 Å². The number of carbonyl (C=O) groups excluding carboxylic acids is 1. The molecular weight excluding hydrogens is 330 g/mol. The summed E-state index contributed by atoms with van der Waals surface area (Å²) < 4.78 is 11.6. The van der Waals surface area contributed by atoms with Gasteiger partial charge in [0.2, 0.25) is 5.91 Å². The molecule has 4 atom stereocenters. The Hall–Kier alpha value is -1.40. The summed E-state index contributed by atoms with van der Waals surface area (Å²) >= 11 is 0. The molecule has 1 amide bonds. The number of hydrogen-bond donors (Lipinski definition) is 1. The minimum atomic E-state index is 0.0547. The van der Waals surface area contributed by atoms with Crippen LogP contribution >= 0.6 is 0 Å². The average molecular weight is 361 g/mol. The van der Waals surface area contributed by atoms with Gasteiger partial charge in [-0.2, -0.15) is 0 Å². The summed E-state index contributed by atoms with van der Waals surface area (Å²) in [6, 6.07) is 0.159. The normalized spacial score (nSPS) is 31.8. The zero-order valence-electron chi connectivity index (χ0n) is 16.2. The minimum Gasteiger partial charge on any atom is -0.376 e. The van der Waals surface area contributed by atoms with Gasteiger partial charge in [0, 0.05) is 38.7 Å². The number of aryl methyl sites for hydroxylation is 2. The quantitative estimate of drug-likeness (QED) is 0.843. The lowest BCUT2D eigenvalue weighted by atomic mass is 9.77. The van der Waals surface area contributed by atoms with Gasteiger partial charge in [0.25, 0.3) is 0 Å². The summed E-state index contributed by atoms with van der Waals surface area (Å²) in [5, 5.41) is 7.24. The lowest BCUT2D eigenvalue weighted by Crippen LogP contribution is -2.50. The number of nitrogens with zero attached hydrogens (tertiary/aromatic N) is 2. The van der Waals surface area contributed by atoms with Crippen molar-refractivity contribution >= 4 is 5.91 Å². The number of nitrogens with one attached hydrogen (secondary N) is 1. The number of fused-ring (bicyclic) bond motifs is 1. The summed E-state index contributed by atoms with van der Waals surface area (Å²) in [5.41, 5.74) is 2.22. The third kappa shape index (κ3) is 3.96. The van der Waals surface area contributed by atoms with Gasteiger partial charge in [-0.15, -0.1) is 0 Å². The second-order valence-electron chi connectivity index (χ2n) is 8.61. The van der Waals surface area contributed by atoms with Crippen molar-refractivity contribution in [3.63, 3.8) is 0 Å². The maximum atomic E-state index is 11.7. The van der Waals surface area contributed by atoms with Gasteiger partial charge < -0.3 is 14.6 Å². The monoisotopic (exact) mass is 361 g/mol. The van der Waals surface area contributed by atoms with E-state index in [0.29, 0.717) is 11.8 Å². The van der Waals surface area contributed by atoms with Crippen molar-refractivity contribution in [1.29, 1.82) is 0 Å². The van der Waals surface area contributed by atoms with Crippen LogP contribution in [0.2, 0.25) is 0 Å². The van der Waals surface area contributed by atoms with E-state index in [1.54, 1.807) is 6.92 Å². The second-order valence-corrected chi connectivity index (χ2v) is 8.61. The highest BCUT2D eigenvalue weighted by atomic mass is 16.5. The number of rotatable bonds is 6. The summed E-state index contributed by atoms with van der Waals surface area (Å²) in [7, 11) is 0. The molecule has 1 N–H and O–H groups in total. The number of ether oxygens (including phenoxy) is 1. The molecule has 1 aromatic rings. The summed E-state index contributed by atoms with van der Waals surface area (Å²) in [6.07, 6.45) is 4.85. The highest BCUT2D eigenvalue weighted by Crippen LogP contribution is 2.39. The lowest BCUT2D eigenvalue weighted by Gasteiger charge is -2.38. The maximum absolute atomic E-state index is 11.7. The highest BCUT2D eigenvalue weighted by Gasteiger charge is 2.43. The van der Waals surface area contributed by atoms with Gasteiger partial charge in [-0.25, -0.2) is 0 Å². The predicted octanol–water partition coefficient (Wildman–Crippen LogP) is 2.43. The van der Waals surface area contributed by atoms with Gasteiger partial charge in [-0.05, 0) is 57.3 Å². The molecule has 6 nitrogen and oxygen atoms in total. The van der Waals surface area contributed by atoms with Crippen molar-refractivity contribution in [3.05, 3.63) is 17.0 Å². The Labute approximate surface area is 155 Å². The maximum Gasteiger partial charge on any atom is 0.217 e. The number of hydrogen-bond acceptors (Lipinski definition) is 5. The highest BCUT2D eigenvalue weighted by molar-refractivity contribution is 5.73. The fourth-order valence-corrected chi connectivity index (χ4v) is 4.73. The van der Waals surface area contributed by atoms with Gasteiger partial charge in [0.05, 0.1) is 17.8 Å². The Bertz CT molecular complexity index is 635. The largest absolute Gasteiger partial charge is 0.376 e. The molecule has 3 fully saturated rings. The molecule has 1 aromatic heterocycles. The smallest absolute Gasteiger partial charge is 0.217 e. The molecule has 1 aliphatic heterocycles. The molecule has 0 unspecified atom stereocenters. The lowest BCUT2D eigenvalue weighted by molar-refractivity contribution is -0.122. The van der Waals surface area contributed by atoms with Gasteiger partial charge in [-0.1, -0.05) is 5.16 Å². The first-order chi connectivity index (χ1) is 12.5. The Kier molecular flexibility index (Phi) is 5.06. The van der Waals surface area contributed by atoms with E-state index in [2.05, 4.69) is 15.4 Å². The van der Waals surface area contributed by atoms with Crippen LogP contribution in [0.3, 0.4) is 0 Å². The van der Waals surface area contributed by atoms with Crippen molar-refractivity contribution in [2.45, 2.75) is 65.1 Å². The number of carbonyl (C=O) groups is 1. The van der Waals surface area contributed by atoms with E-state index in [-0.39, 0.29) is 18.1 Å². The van der Waals surface area contributed by atoms with E-state index in [4.69, 9.17) is 9.26 Å². The van der Waals surface area contributed by atoms with E-state index in [1.165, 1.54) is 18.4 Å². The summed E-state index contributed by atoms with van der Waals surface area (Å²) in [5.74, 6) is 3.03. The van der Waals surface area contributed by atoms with E-state index in [9.17, 15) is 4.79 Å². The Morgan fingerprint density at radius 1 is 1.27 bits per heavy atom. The average Bonchev–Trinajstić information content (AvgIpc) is 3.26.